The van der Waals surface area contributed by atoms with Crippen molar-refractivity contribution >= 4 is 10.9 Å². The predicted octanol–water partition coefficient (Wildman–Crippen LogP) is 1.01. The van der Waals surface area contributed by atoms with Gasteiger partial charge in [-0.3, -0.25) is 4.79 Å². The van der Waals surface area contributed by atoms with Crippen LogP contribution in [0.15, 0.2) is 29.1 Å². The van der Waals surface area contributed by atoms with Gasteiger partial charge < -0.3 is 15.0 Å². The lowest BCUT2D eigenvalue weighted by atomic mass is 10.1. The molecule has 1 heterocycles. The summed E-state index contributed by atoms with van der Waals surface area (Å²) in [5.41, 5.74) is 7.38. The zero-order chi connectivity index (χ0) is 11.7. The lowest BCUT2D eigenvalue weighted by Crippen LogP contribution is -2.15. The van der Waals surface area contributed by atoms with E-state index in [0.29, 0.717) is 6.54 Å². The second-order valence-electron chi connectivity index (χ2n) is 3.66. The molecule has 16 heavy (non-hydrogen) atoms. The number of nitrogens with zero attached hydrogens (tertiary/aromatic N) is 1. The molecule has 84 valence electrons. The molecule has 0 spiro atoms. The van der Waals surface area contributed by atoms with Crippen LogP contribution in [-0.4, -0.2) is 11.7 Å². The average Bonchev–Trinajstić information content (AvgIpc) is 2.32. The predicted molar refractivity (Wildman–Crippen MR) is 63.6 cm³/mol. The fourth-order valence-electron chi connectivity index (χ4n) is 1.79. The fourth-order valence-corrected chi connectivity index (χ4v) is 1.79. The second kappa shape index (κ2) is 3.98. The molecule has 0 saturated heterocycles. The van der Waals surface area contributed by atoms with Crippen molar-refractivity contribution in [2.24, 2.45) is 12.8 Å². The fraction of sp³-hybridized carbons (Fsp3) is 0.250. The quantitative estimate of drug-likeness (QED) is 0.818. The highest BCUT2D eigenvalue weighted by atomic mass is 16.5. The van der Waals surface area contributed by atoms with Crippen molar-refractivity contribution in [2.75, 3.05) is 7.11 Å². The van der Waals surface area contributed by atoms with E-state index < -0.39 is 0 Å². The molecular formula is C12H14N2O2. The van der Waals surface area contributed by atoms with Crippen molar-refractivity contribution in [3.8, 4) is 5.75 Å². The van der Waals surface area contributed by atoms with Gasteiger partial charge in [-0.25, -0.2) is 0 Å². The van der Waals surface area contributed by atoms with E-state index in [1.54, 1.807) is 30.9 Å². The third-order valence-corrected chi connectivity index (χ3v) is 2.75. The van der Waals surface area contributed by atoms with Crippen LogP contribution >= 0.6 is 0 Å². The molecule has 0 radical (unpaired) electrons. The normalized spacial score (nSPS) is 10.7. The summed E-state index contributed by atoms with van der Waals surface area (Å²) in [6, 6.07) is 7.14. The first-order valence-electron chi connectivity index (χ1n) is 5.04. The molecule has 1 aromatic heterocycles. The van der Waals surface area contributed by atoms with Gasteiger partial charge in [0.25, 0.3) is 5.56 Å². The Hall–Kier alpha value is -1.81. The van der Waals surface area contributed by atoms with Crippen LogP contribution in [0, 0.1) is 0 Å². The first-order chi connectivity index (χ1) is 7.67. The number of nitrogens with two attached hydrogens (primary N) is 1. The number of aromatic nitrogens is 1. The highest BCUT2D eigenvalue weighted by Gasteiger charge is 2.06. The summed E-state index contributed by atoms with van der Waals surface area (Å²) < 4.78 is 6.85. The van der Waals surface area contributed by atoms with E-state index in [2.05, 4.69) is 0 Å². The molecule has 0 amide bonds. The smallest absolute Gasteiger partial charge is 0.250 e. The third-order valence-electron chi connectivity index (χ3n) is 2.75. The van der Waals surface area contributed by atoms with Gasteiger partial charge in [0.15, 0.2) is 0 Å². The summed E-state index contributed by atoms with van der Waals surface area (Å²) >= 11 is 0. The number of aryl methyl sites for hydroxylation is 1. The Kier molecular flexibility index (Phi) is 2.66. The number of hydrogen-bond donors (Lipinski definition) is 1. The molecule has 2 N–H and O–H groups in total. The maximum absolute atomic E-state index is 11.5. The zero-order valence-corrected chi connectivity index (χ0v) is 9.36. The second-order valence-corrected chi connectivity index (χ2v) is 3.66. The largest absolute Gasteiger partial charge is 0.496 e. The lowest BCUT2D eigenvalue weighted by Gasteiger charge is -2.10. The molecule has 0 aliphatic rings. The molecule has 0 fully saturated rings. The Morgan fingerprint density at radius 3 is 2.75 bits per heavy atom. The molecule has 0 aliphatic heterocycles. The highest BCUT2D eigenvalue weighted by Crippen LogP contribution is 2.24. The van der Waals surface area contributed by atoms with E-state index in [4.69, 9.17) is 10.5 Å². The standard InChI is InChI=1S/C12H14N2O2/c1-14-10-5-9(7-13)11(16-2)6-8(10)3-4-12(14)15/h3-6H,7,13H2,1-2H3. The number of pyridine rings is 1. The third kappa shape index (κ3) is 1.57. The molecule has 0 aliphatic carbocycles. The summed E-state index contributed by atoms with van der Waals surface area (Å²) in [6.45, 7) is 0.391. The molecule has 0 atom stereocenters. The Labute approximate surface area is 93.3 Å². The van der Waals surface area contributed by atoms with Crippen molar-refractivity contribution < 1.29 is 4.74 Å². The van der Waals surface area contributed by atoms with Crippen LogP contribution in [0.5, 0.6) is 5.75 Å². The van der Waals surface area contributed by atoms with Gasteiger partial charge in [0, 0.05) is 30.6 Å². The van der Waals surface area contributed by atoms with Gasteiger partial charge in [-0.2, -0.15) is 0 Å². The summed E-state index contributed by atoms with van der Waals surface area (Å²) in [5.74, 6) is 0.758. The van der Waals surface area contributed by atoms with Gasteiger partial charge in [0.2, 0.25) is 0 Å². The number of hydrogen-bond acceptors (Lipinski definition) is 3. The topological polar surface area (TPSA) is 57.2 Å². The van der Waals surface area contributed by atoms with E-state index in [1.807, 2.05) is 12.1 Å². The maximum Gasteiger partial charge on any atom is 0.250 e. The summed E-state index contributed by atoms with van der Waals surface area (Å²) in [5, 5.41) is 0.969. The number of ether oxygens (including phenoxy) is 1. The van der Waals surface area contributed by atoms with E-state index in [9.17, 15) is 4.79 Å². The zero-order valence-electron chi connectivity index (χ0n) is 9.36. The maximum atomic E-state index is 11.5. The van der Waals surface area contributed by atoms with Gasteiger partial charge in [0.05, 0.1) is 12.6 Å². The Bertz CT molecular complexity index is 587. The number of methoxy groups -OCH3 is 1. The molecular weight excluding hydrogens is 204 g/mol. The monoisotopic (exact) mass is 218 g/mol. The molecule has 4 heteroatoms. The Balaban J connectivity index is 2.83. The molecule has 4 nitrogen and oxygen atoms in total. The van der Waals surface area contributed by atoms with E-state index in [1.165, 1.54) is 0 Å². The first kappa shape index (κ1) is 10.7. The van der Waals surface area contributed by atoms with E-state index in [0.717, 1.165) is 22.2 Å². The van der Waals surface area contributed by atoms with Crippen LogP contribution in [-0.2, 0) is 13.6 Å². The van der Waals surface area contributed by atoms with Crippen molar-refractivity contribution in [2.45, 2.75) is 6.54 Å². The molecule has 0 bridgehead atoms. The van der Waals surface area contributed by atoms with Crippen molar-refractivity contribution in [1.29, 1.82) is 0 Å². The van der Waals surface area contributed by atoms with Gasteiger partial charge in [-0.1, -0.05) is 0 Å². The molecule has 2 rings (SSSR count). The molecule has 1 aromatic carbocycles. The van der Waals surface area contributed by atoms with Gasteiger partial charge >= 0.3 is 0 Å². The van der Waals surface area contributed by atoms with Gasteiger partial charge in [0.1, 0.15) is 5.75 Å². The Morgan fingerprint density at radius 2 is 2.12 bits per heavy atom. The van der Waals surface area contributed by atoms with Crippen molar-refractivity contribution in [3.05, 3.63) is 40.2 Å². The van der Waals surface area contributed by atoms with E-state index in [-0.39, 0.29) is 5.56 Å². The minimum atomic E-state index is -0.0272. The molecule has 0 unspecified atom stereocenters. The van der Waals surface area contributed by atoms with Crippen LogP contribution in [0.4, 0.5) is 0 Å². The first-order valence-corrected chi connectivity index (χ1v) is 5.04. The highest BCUT2D eigenvalue weighted by molar-refractivity contribution is 5.81. The molecule has 0 saturated carbocycles. The summed E-state index contributed by atoms with van der Waals surface area (Å²) in [7, 11) is 3.36. The lowest BCUT2D eigenvalue weighted by molar-refractivity contribution is 0.410. The molecule has 2 aromatic rings. The van der Waals surface area contributed by atoms with Crippen molar-refractivity contribution in [3.63, 3.8) is 0 Å². The van der Waals surface area contributed by atoms with Crippen LogP contribution in [0.3, 0.4) is 0 Å². The Morgan fingerprint density at radius 1 is 1.38 bits per heavy atom. The number of fused-ring (bicyclic) bond motifs is 1. The minimum absolute atomic E-state index is 0.0272. The van der Waals surface area contributed by atoms with Gasteiger partial charge in [-0.05, 0) is 18.2 Å². The SMILES string of the molecule is COc1cc2ccc(=O)n(C)c2cc1CN. The summed E-state index contributed by atoms with van der Waals surface area (Å²) in [4.78, 5) is 11.5. The van der Waals surface area contributed by atoms with E-state index >= 15 is 0 Å². The van der Waals surface area contributed by atoms with Crippen molar-refractivity contribution in [1.82, 2.24) is 4.57 Å². The number of benzene rings is 1. The summed E-state index contributed by atoms with van der Waals surface area (Å²) in [6.07, 6.45) is 0. The minimum Gasteiger partial charge on any atom is -0.496 e. The van der Waals surface area contributed by atoms with Gasteiger partial charge in [-0.15, -0.1) is 0 Å². The van der Waals surface area contributed by atoms with Crippen LogP contribution in [0.25, 0.3) is 10.9 Å². The number of rotatable bonds is 2. The van der Waals surface area contributed by atoms with Crippen LogP contribution in [0.1, 0.15) is 5.56 Å². The van der Waals surface area contributed by atoms with Crippen LogP contribution in [0.2, 0.25) is 0 Å². The average molecular weight is 218 g/mol. The van der Waals surface area contributed by atoms with Crippen LogP contribution < -0.4 is 16.0 Å².